The fraction of sp³-hybridized carbons (Fsp3) is 0.200. The third-order valence-corrected chi connectivity index (χ3v) is 3.20. The standard InChI is InChI=1S/C15H16ClN/c1-2-11-3-5-12(6-4-11)15-9-14(16)8-7-13(15)10-17/h3-9H,2,10,17H2,1H3. The van der Waals surface area contributed by atoms with Crippen LogP contribution in [-0.2, 0) is 13.0 Å². The van der Waals surface area contributed by atoms with Crippen LogP contribution in [-0.4, -0.2) is 0 Å². The number of hydrogen-bond donors (Lipinski definition) is 1. The van der Waals surface area contributed by atoms with Crippen LogP contribution in [0.1, 0.15) is 18.1 Å². The highest BCUT2D eigenvalue weighted by Crippen LogP contribution is 2.27. The van der Waals surface area contributed by atoms with Crippen molar-refractivity contribution in [3.63, 3.8) is 0 Å². The zero-order valence-corrected chi connectivity index (χ0v) is 10.7. The Balaban J connectivity index is 2.47. The van der Waals surface area contributed by atoms with Gasteiger partial charge in [-0.1, -0.05) is 48.9 Å². The van der Waals surface area contributed by atoms with Crippen LogP contribution in [0, 0.1) is 0 Å². The second-order valence-electron chi connectivity index (χ2n) is 4.06. The molecule has 0 amide bonds. The number of halogens is 1. The van der Waals surface area contributed by atoms with Crippen LogP contribution in [0.4, 0.5) is 0 Å². The number of hydrogen-bond acceptors (Lipinski definition) is 1. The Bertz CT molecular complexity index is 503. The van der Waals surface area contributed by atoms with Gasteiger partial charge in [-0.05, 0) is 40.8 Å². The molecule has 1 nitrogen and oxygen atoms in total. The van der Waals surface area contributed by atoms with Gasteiger partial charge in [0, 0.05) is 11.6 Å². The van der Waals surface area contributed by atoms with Crippen LogP contribution in [0.25, 0.3) is 11.1 Å². The quantitative estimate of drug-likeness (QED) is 0.868. The summed E-state index contributed by atoms with van der Waals surface area (Å²) in [6, 6.07) is 14.4. The first-order valence-corrected chi connectivity index (χ1v) is 6.20. The van der Waals surface area contributed by atoms with E-state index in [9.17, 15) is 0 Å². The van der Waals surface area contributed by atoms with E-state index in [1.54, 1.807) is 0 Å². The van der Waals surface area contributed by atoms with Gasteiger partial charge >= 0.3 is 0 Å². The molecule has 0 heterocycles. The normalized spacial score (nSPS) is 10.5. The van der Waals surface area contributed by atoms with E-state index in [2.05, 4.69) is 31.2 Å². The summed E-state index contributed by atoms with van der Waals surface area (Å²) in [6.45, 7) is 2.68. The molecule has 0 unspecified atom stereocenters. The van der Waals surface area contributed by atoms with Gasteiger partial charge in [0.15, 0.2) is 0 Å². The van der Waals surface area contributed by atoms with Crippen LogP contribution in [0.15, 0.2) is 42.5 Å². The molecule has 0 atom stereocenters. The lowest BCUT2D eigenvalue weighted by Gasteiger charge is -2.09. The lowest BCUT2D eigenvalue weighted by atomic mass is 9.98. The molecule has 2 aromatic carbocycles. The third kappa shape index (κ3) is 2.68. The van der Waals surface area contributed by atoms with Gasteiger partial charge in [-0.15, -0.1) is 0 Å². The lowest BCUT2D eigenvalue weighted by Crippen LogP contribution is -1.98. The molecule has 0 saturated heterocycles. The van der Waals surface area contributed by atoms with Crippen molar-refractivity contribution in [2.75, 3.05) is 0 Å². The van der Waals surface area contributed by atoms with E-state index < -0.39 is 0 Å². The Kier molecular flexibility index (Phi) is 3.82. The number of rotatable bonds is 3. The zero-order chi connectivity index (χ0) is 12.3. The van der Waals surface area contributed by atoms with E-state index in [1.807, 2.05) is 18.2 Å². The second kappa shape index (κ2) is 5.35. The van der Waals surface area contributed by atoms with Crippen molar-refractivity contribution in [2.24, 2.45) is 5.73 Å². The second-order valence-corrected chi connectivity index (χ2v) is 4.49. The first-order chi connectivity index (χ1) is 8.24. The summed E-state index contributed by atoms with van der Waals surface area (Å²) in [5, 5.41) is 0.747. The topological polar surface area (TPSA) is 26.0 Å². The van der Waals surface area contributed by atoms with E-state index in [0.29, 0.717) is 6.54 Å². The summed E-state index contributed by atoms with van der Waals surface area (Å²) in [4.78, 5) is 0. The molecule has 0 saturated carbocycles. The number of benzene rings is 2. The van der Waals surface area contributed by atoms with Crippen molar-refractivity contribution >= 4 is 11.6 Å². The zero-order valence-electron chi connectivity index (χ0n) is 9.91. The fourth-order valence-electron chi connectivity index (χ4n) is 1.92. The Morgan fingerprint density at radius 3 is 2.35 bits per heavy atom. The molecular weight excluding hydrogens is 230 g/mol. The Morgan fingerprint density at radius 1 is 1.06 bits per heavy atom. The van der Waals surface area contributed by atoms with Crippen molar-refractivity contribution in [1.29, 1.82) is 0 Å². The van der Waals surface area contributed by atoms with E-state index in [-0.39, 0.29) is 0 Å². The highest BCUT2D eigenvalue weighted by atomic mass is 35.5. The molecule has 88 valence electrons. The van der Waals surface area contributed by atoms with Gasteiger partial charge in [-0.25, -0.2) is 0 Å². The first-order valence-electron chi connectivity index (χ1n) is 5.82. The molecule has 2 N–H and O–H groups in total. The molecule has 2 rings (SSSR count). The minimum absolute atomic E-state index is 0.530. The van der Waals surface area contributed by atoms with Crippen molar-refractivity contribution < 1.29 is 0 Å². The fourth-order valence-corrected chi connectivity index (χ4v) is 2.09. The maximum Gasteiger partial charge on any atom is 0.0412 e. The molecule has 0 aliphatic carbocycles. The molecule has 2 aromatic rings. The van der Waals surface area contributed by atoms with Crippen molar-refractivity contribution in [3.05, 3.63) is 58.6 Å². The number of nitrogens with two attached hydrogens (primary N) is 1. The maximum absolute atomic E-state index is 6.04. The van der Waals surface area contributed by atoms with Gasteiger partial charge in [0.05, 0.1) is 0 Å². The minimum atomic E-state index is 0.530. The van der Waals surface area contributed by atoms with E-state index in [1.165, 1.54) is 11.1 Å². The maximum atomic E-state index is 6.04. The monoisotopic (exact) mass is 245 g/mol. The molecule has 17 heavy (non-hydrogen) atoms. The van der Waals surface area contributed by atoms with Gasteiger partial charge in [-0.2, -0.15) is 0 Å². The highest BCUT2D eigenvalue weighted by Gasteiger charge is 2.04. The van der Waals surface area contributed by atoms with Gasteiger partial charge in [0.1, 0.15) is 0 Å². The summed E-state index contributed by atoms with van der Waals surface area (Å²) in [6.07, 6.45) is 1.06. The Morgan fingerprint density at radius 2 is 1.76 bits per heavy atom. The summed E-state index contributed by atoms with van der Waals surface area (Å²) >= 11 is 6.04. The highest BCUT2D eigenvalue weighted by molar-refractivity contribution is 6.30. The van der Waals surface area contributed by atoms with E-state index in [0.717, 1.165) is 22.6 Å². The van der Waals surface area contributed by atoms with Gasteiger partial charge in [-0.3, -0.25) is 0 Å². The van der Waals surface area contributed by atoms with Crippen LogP contribution in [0.5, 0.6) is 0 Å². The summed E-state index contributed by atoms with van der Waals surface area (Å²) in [5.41, 5.74) is 10.5. The Labute approximate surface area is 107 Å². The molecule has 0 fully saturated rings. The smallest absolute Gasteiger partial charge is 0.0412 e. The molecular formula is C15H16ClN. The first kappa shape index (κ1) is 12.2. The molecule has 0 spiro atoms. The largest absolute Gasteiger partial charge is 0.326 e. The van der Waals surface area contributed by atoms with Crippen molar-refractivity contribution in [1.82, 2.24) is 0 Å². The summed E-state index contributed by atoms with van der Waals surface area (Å²) in [7, 11) is 0. The van der Waals surface area contributed by atoms with Crippen molar-refractivity contribution in [3.8, 4) is 11.1 Å². The van der Waals surface area contributed by atoms with Gasteiger partial charge < -0.3 is 5.73 Å². The van der Waals surface area contributed by atoms with Crippen molar-refractivity contribution in [2.45, 2.75) is 19.9 Å². The SMILES string of the molecule is CCc1ccc(-c2cc(Cl)ccc2CN)cc1. The van der Waals surface area contributed by atoms with Crippen LogP contribution < -0.4 is 5.73 Å². The minimum Gasteiger partial charge on any atom is -0.326 e. The predicted molar refractivity (Wildman–Crippen MR) is 74.2 cm³/mol. The average molecular weight is 246 g/mol. The average Bonchev–Trinajstić information content (AvgIpc) is 2.39. The lowest BCUT2D eigenvalue weighted by molar-refractivity contribution is 1.07. The van der Waals surface area contributed by atoms with E-state index in [4.69, 9.17) is 17.3 Å². The summed E-state index contributed by atoms with van der Waals surface area (Å²) in [5.74, 6) is 0. The molecule has 2 heteroatoms. The van der Waals surface area contributed by atoms with Crippen LogP contribution >= 0.6 is 11.6 Å². The molecule has 0 aromatic heterocycles. The Hall–Kier alpha value is -1.31. The molecule has 0 radical (unpaired) electrons. The molecule has 0 aliphatic heterocycles. The number of aryl methyl sites for hydroxylation is 1. The third-order valence-electron chi connectivity index (χ3n) is 2.97. The molecule has 0 bridgehead atoms. The predicted octanol–water partition coefficient (Wildman–Crippen LogP) is 4.03. The van der Waals surface area contributed by atoms with Gasteiger partial charge in [0.25, 0.3) is 0 Å². The van der Waals surface area contributed by atoms with E-state index >= 15 is 0 Å². The summed E-state index contributed by atoms with van der Waals surface area (Å²) < 4.78 is 0. The van der Waals surface area contributed by atoms with Crippen LogP contribution in [0.3, 0.4) is 0 Å². The van der Waals surface area contributed by atoms with Crippen LogP contribution in [0.2, 0.25) is 5.02 Å². The molecule has 0 aliphatic rings. The van der Waals surface area contributed by atoms with Gasteiger partial charge in [0.2, 0.25) is 0 Å².